The number of ether oxygens (including phenoxy) is 2. The third-order valence-electron chi connectivity index (χ3n) is 8.51. The molecule has 6 rings (SSSR count). The van der Waals surface area contributed by atoms with E-state index in [4.69, 9.17) is 9.47 Å². The van der Waals surface area contributed by atoms with Gasteiger partial charge in [0.2, 0.25) is 5.91 Å². The average molecular weight is 552 g/mol. The topological polar surface area (TPSA) is 74.9 Å². The number of H-pyrrole nitrogens is 1. The van der Waals surface area contributed by atoms with Crippen LogP contribution in [0.15, 0.2) is 72.8 Å². The monoisotopic (exact) mass is 551 g/mol. The molecule has 0 aliphatic carbocycles. The van der Waals surface area contributed by atoms with Gasteiger partial charge in [0.1, 0.15) is 0 Å². The molecule has 0 spiro atoms. The molecular formula is C34H37N3O4. The van der Waals surface area contributed by atoms with Gasteiger partial charge in [0.25, 0.3) is 5.91 Å². The molecule has 3 aromatic carbocycles. The molecular weight excluding hydrogens is 514 g/mol. The lowest BCUT2D eigenvalue weighted by Crippen LogP contribution is -2.67. The van der Waals surface area contributed by atoms with Gasteiger partial charge in [0.05, 0.1) is 25.5 Å². The molecule has 41 heavy (non-hydrogen) atoms. The number of methoxy groups -OCH3 is 1. The number of nitrogens with zero attached hydrogens (tertiary/aromatic N) is 2. The summed E-state index contributed by atoms with van der Waals surface area (Å²) in [5.74, 6) is 1.12. The van der Waals surface area contributed by atoms with Gasteiger partial charge < -0.3 is 24.3 Å². The first-order valence-electron chi connectivity index (χ1n) is 14.4. The van der Waals surface area contributed by atoms with Crippen LogP contribution in [0.25, 0.3) is 10.9 Å². The quantitative estimate of drug-likeness (QED) is 0.308. The first kappa shape index (κ1) is 26.9. The zero-order chi connectivity index (χ0) is 28.7. The van der Waals surface area contributed by atoms with E-state index in [-0.39, 0.29) is 30.4 Å². The lowest BCUT2D eigenvalue weighted by molar-refractivity contribution is -0.166. The number of hydrogen-bond donors (Lipinski definition) is 1. The Morgan fingerprint density at radius 2 is 1.76 bits per heavy atom. The fourth-order valence-corrected chi connectivity index (χ4v) is 6.53. The maximum absolute atomic E-state index is 14.3. The minimum absolute atomic E-state index is 0.0120. The fourth-order valence-electron chi connectivity index (χ4n) is 6.53. The van der Waals surface area contributed by atoms with Crippen molar-refractivity contribution in [2.45, 2.75) is 51.2 Å². The molecule has 2 aliphatic heterocycles. The van der Waals surface area contributed by atoms with Crippen molar-refractivity contribution in [3.05, 3.63) is 95.2 Å². The van der Waals surface area contributed by atoms with Crippen molar-refractivity contribution in [2.24, 2.45) is 0 Å². The summed E-state index contributed by atoms with van der Waals surface area (Å²) < 4.78 is 11.7. The summed E-state index contributed by atoms with van der Waals surface area (Å²) >= 11 is 0. The van der Waals surface area contributed by atoms with E-state index in [1.807, 2.05) is 75.4 Å². The number of nitrogens with one attached hydrogen (secondary N) is 1. The number of aromatic amines is 1. The number of hydrogen-bond acceptors (Lipinski definition) is 4. The Balaban J connectivity index is 1.39. The van der Waals surface area contributed by atoms with Crippen LogP contribution < -0.4 is 9.47 Å². The largest absolute Gasteiger partial charge is 0.493 e. The van der Waals surface area contributed by atoms with Gasteiger partial charge in [-0.05, 0) is 68.5 Å². The number of para-hydroxylation sites is 1. The van der Waals surface area contributed by atoms with Crippen molar-refractivity contribution < 1.29 is 19.1 Å². The normalized spacial score (nSPS) is 20.4. The molecule has 0 saturated carbocycles. The smallest absolute Gasteiger partial charge is 0.254 e. The van der Waals surface area contributed by atoms with E-state index < -0.39 is 5.54 Å². The summed E-state index contributed by atoms with van der Waals surface area (Å²) in [4.78, 5) is 35.2. The summed E-state index contributed by atoms with van der Waals surface area (Å²) in [6, 6.07) is 24.4. The molecule has 2 atom stereocenters. The molecule has 7 heteroatoms. The Hall–Kier alpha value is -4.26. The second kappa shape index (κ2) is 10.6. The van der Waals surface area contributed by atoms with Gasteiger partial charge in [-0.25, -0.2) is 0 Å². The van der Waals surface area contributed by atoms with Crippen molar-refractivity contribution in [1.82, 2.24) is 14.8 Å². The van der Waals surface area contributed by atoms with Gasteiger partial charge in [-0.2, -0.15) is 0 Å². The predicted molar refractivity (Wildman–Crippen MR) is 159 cm³/mol. The van der Waals surface area contributed by atoms with Gasteiger partial charge in [-0.1, -0.05) is 54.6 Å². The first-order chi connectivity index (χ1) is 19.8. The Labute approximate surface area is 241 Å². The van der Waals surface area contributed by atoms with Gasteiger partial charge in [-0.15, -0.1) is 0 Å². The van der Waals surface area contributed by atoms with Crippen molar-refractivity contribution in [2.75, 3.05) is 26.7 Å². The highest BCUT2D eigenvalue weighted by Gasteiger charge is 2.56. The van der Waals surface area contributed by atoms with Crippen LogP contribution in [0.1, 0.15) is 55.5 Å². The molecule has 0 radical (unpaired) electrons. The summed E-state index contributed by atoms with van der Waals surface area (Å²) in [5.41, 5.74) is 3.94. The second-order valence-corrected chi connectivity index (χ2v) is 11.5. The molecule has 7 nitrogen and oxygen atoms in total. The van der Waals surface area contributed by atoms with Gasteiger partial charge in [0.15, 0.2) is 17.0 Å². The van der Waals surface area contributed by atoms with Crippen LogP contribution in [-0.4, -0.2) is 59.4 Å². The van der Waals surface area contributed by atoms with Crippen LogP contribution in [0.4, 0.5) is 0 Å². The number of benzene rings is 3. The zero-order valence-corrected chi connectivity index (χ0v) is 24.1. The van der Waals surface area contributed by atoms with E-state index >= 15 is 0 Å². The molecule has 4 aromatic rings. The van der Waals surface area contributed by atoms with Crippen molar-refractivity contribution in [3.8, 4) is 11.5 Å². The molecule has 1 N–H and O–H groups in total. The van der Waals surface area contributed by atoms with E-state index in [1.165, 1.54) is 5.56 Å². The molecule has 1 saturated heterocycles. The minimum Gasteiger partial charge on any atom is -0.493 e. The summed E-state index contributed by atoms with van der Waals surface area (Å²) in [5, 5.41) is 1.07. The summed E-state index contributed by atoms with van der Waals surface area (Å²) in [6.45, 7) is 6.91. The van der Waals surface area contributed by atoms with Crippen LogP contribution in [0.3, 0.4) is 0 Å². The van der Waals surface area contributed by atoms with Crippen molar-refractivity contribution in [3.63, 3.8) is 0 Å². The highest BCUT2D eigenvalue weighted by molar-refractivity contribution is 6.01. The molecule has 0 bridgehead atoms. The number of carbonyl (C=O) groups excluding carboxylic acids is 2. The number of piperazine rings is 1. The Kier molecular flexibility index (Phi) is 6.98. The Morgan fingerprint density at radius 3 is 2.51 bits per heavy atom. The standard InChI is InChI=1S/C34H37N3O4/c1-22(2)41-28-17-16-24(19-29(28)40-4)26-20-37-30(38)21-36(18-10-13-23-11-6-5-7-12-23)33(39)34(37,3)32-31(26)25-14-8-9-15-27(25)35-32/h5-9,11-12,14-17,19,22,26,35H,10,13,18,20-21H2,1-4H3/t26-,34+/m1/s1. The zero-order valence-electron chi connectivity index (χ0n) is 24.1. The number of aromatic nitrogens is 1. The van der Waals surface area contributed by atoms with Gasteiger partial charge in [0, 0.05) is 29.9 Å². The van der Waals surface area contributed by atoms with Crippen LogP contribution in [0.5, 0.6) is 11.5 Å². The Morgan fingerprint density at radius 1 is 1.00 bits per heavy atom. The summed E-state index contributed by atoms with van der Waals surface area (Å²) in [6.07, 6.45) is 1.67. The van der Waals surface area contributed by atoms with Crippen LogP contribution in [0.2, 0.25) is 0 Å². The summed E-state index contributed by atoms with van der Waals surface area (Å²) in [7, 11) is 1.64. The molecule has 212 valence electrons. The molecule has 2 amide bonds. The maximum Gasteiger partial charge on any atom is 0.254 e. The highest BCUT2D eigenvalue weighted by Crippen LogP contribution is 2.49. The predicted octanol–water partition coefficient (Wildman–Crippen LogP) is 5.63. The average Bonchev–Trinajstić information content (AvgIpc) is 3.37. The number of carbonyl (C=O) groups is 2. The van der Waals surface area contributed by atoms with E-state index in [2.05, 4.69) is 23.2 Å². The molecule has 0 unspecified atom stereocenters. The van der Waals surface area contributed by atoms with E-state index in [0.29, 0.717) is 24.6 Å². The van der Waals surface area contributed by atoms with Crippen LogP contribution in [0, 0.1) is 0 Å². The van der Waals surface area contributed by atoms with Crippen molar-refractivity contribution >= 4 is 22.7 Å². The SMILES string of the molecule is COc1cc([C@H]2CN3C(=O)CN(CCCc4ccccc4)C(=O)[C@]3(C)c3[nH]c4ccccc4c32)ccc1OC(C)C. The lowest BCUT2D eigenvalue weighted by Gasteiger charge is -2.51. The number of aryl methyl sites for hydroxylation is 1. The van der Waals surface area contributed by atoms with Gasteiger partial charge in [-0.3, -0.25) is 9.59 Å². The molecule has 3 heterocycles. The van der Waals surface area contributed by atoms with Crippen LogP contribution in [-0.2, 0) is 21.5 Å². The van der Waals surface area contributed by atoms with E-state index in [9.17, 15) is 9.59 Å². The molecule has 2 aliphatic rings. The Bertz CT molecular complexity index is 1590. The maximum atomic E-state index is 14.3. The molecule has 1 fully saturated rings. The number of fused-ring (bicyclic) bond motifs is 5. The number of rotatable bonds is 8. The highest BCUT2D eigenvalue weighted by atomic mass is 16.5. The molecule has 1 aromatic heterocycles. The van der Waals surface area contributed by atoms with E-state index in [0.717, 1.165) is 40.6 Å². The lowest BCUT2D eigenvalue weighted by atomic mass is 9.76. The minimum atomic E-state index is -1.11. The number of amides is 2. The first-order valence-corrected chi connectivity index (χ1v) is 14.4. The van der Waals surface area contributed by atoms with Crippen molar-refractivity contribution in [1.29, 1.82) is 0 Å². The van der Waals surface area contributed by atoms with E-state index in [1.54, 1.807) is 16.9 Å². The second-order valence-electron chi connectivity index (χ2n) is 11.5. The third-order valence-corrected chi connectivity index (χ3v) is 8.51. The van der Waals surface area contributed by atoms with Gasteiger partial charge >= 0.3 is 0 Å². The van der Waals surface area contributed by atoms with Crippen LogP contribution >= 0.6 is 0 Å². The fraction of sp³-hybridized carbons (Fsp3) is 0.353. The third kappa shape index (κ3) is 4.63.